The van der Waals surface area contributed by atoms with E-state index in [2.05, 4.69) is 4.74 Å². The van der Waals surface area contributed by atoms with E-state index in [0.717, 1.165) is 7.11 Å². The molecule has 132 valence electrons. The van der Waals surface area contributed by atoms with Crippen molar-refractivity contribution >= 4 is 18.4 Å². The maximum absolute atomic E-state index is 13.7. The highest BCUT2D eigenvalue weighted by Gasteiger charge is 2.41. The number of carbonyl (C=O) groups excluding carboxylic acids is 1. The van der Waals surface area contributed by atoms with E-state index in [-0.39, 0.29) is 24.5 Å². The summed E-state index contributed by atoms with van der Waals surface area (Å²) in [5, 5.41) is 0. The summed E-state index contributed by atoms with van der Waals surface area (Å²) in [7, 11) is 0.933. The van der Waals surface area contributed by atoms with E-state index < -0.39 is 53.3 Å². The molecule has 3 nitrogen and oxygen atoms in total. The van der Waals surface area contributed by atoms with Gasteiger partial charge in [0.25, 0.3) is 0 Å². The van der Waals surface area contributed by atoms with Crippen molar-refractivity contribution in [2.45, 2.75) is 24.8 Å². The lowest BCUT2D eigenvalue weighted by Gasteiger charge is -2.20. The van der Waals surface area contributed by atoms with Gasteiger partial charge in [0.1, 0.15) is 5.82 Å². The highest BCUT2D eigenvalue weighted by Crippen LogP contribution is 2.40. The standard InChI is InChI=1S/C12H10F7NO2.ClH/c1-22-9(21)4-8(20)10-6(12(17,18)19)2-5(3-7(10)13)11(14,15)16;/h2-3,8H,4,20H2,1H3;1H/t8-;/m0./s1. The van der Waals surface area contributed by atoms with E-state index in [1.165, 1.54) is 0 Å². The summed E-state index contributed by atoms with van der Waals surface area (Å²) in [5.41, 5.74) is 0.412. The largest absolute Gasteiger partial charge is 0.469 e. The van der Waals surface area contributed by atoms with Crippen LogP contribution in [0.15, 0.2) is 12.1 Å². The second-order valence-corrected chi connectivity index (χ2v) is 4.30. The van der Waals surface area contributed by atoms with E-state index in [1.807, 2.05) is 0 Å². The highest BCUT2D eigenvalue weighted by atomic mass is 35.5. The number of nitrogens with two attached hydrogens (primary N) is 1. The van der Waals surface area contributed by atoms with Crippen LogP contribution < -0.4 is 5.73 Å². The number of halogens is 8. The molecule has 0 saturated carbocycles. The van der Waals surface area contributed by atoms with Crippen molar-refractivity contribution in [2.24, 2.45) is 5.73 Å². The number of carbonyl (C=O) groups is 1. The van der Waals surface area contributed by atoms with Gasteiger partial charge >= 0.3 is 18.3 Å². The van der Waals surface area contributed by atoms with E-state index >= 15 is 0 Å². The number of esters is 1. The Morgan fingerprint density at radius 1 is 1.17 bits per heavy atom. The lowest BCUT2D eigenvalue weighted by molar-refractivity contribution is -0.145. The molecule has 0 unspecified atom stereocenters. The van der Waals surface area contributed by atoms with E-state index in [0.29, 0.717) is 0 Å². The average Bonchev–Trinajstić information content (AvgIpc) is 2.35. The van der Waals surface area contributed by atoms with Crippen LogP contribution in [0, 0.1) is 5.82 Å². The summed E-state index contributed by atoms with van der Waals surface area (Å²) >= 11 is 0. The van der Waals surface area contributed by atoms with Crippen LogP contribution in [0.5, 0.6) is 0 Å². The molecule has 2 N–H and O–H groups in total. The van der Waals surface area contributed by atoms with Crippen molar-refractivity contribution in [1.82, 2.24) is 0 Å². The number of alkyl halides is 6. The van der Waals surface area contributed by atoms with Gasteiger partial charge in [0.15, 0.2) is 0 Å². The third-order valence-corrected chi connectivity index (χ3v) is 2.75. The fourth-order valence-corrected chi connectivity index (χ4v) is 1.76. The van der Waals surface area contributed by atoms with Gasteiger partial charge in [-0.15, -0.1) is 12.4 Å². The van der Waals surface area contributed by atoms with E-state index in [1.54, 1.807) is 0 Å². The minimum Gasteiger partial charge on any atom is -0.469 e. The molecule has 0 aromatic heterocycles. The minimum absolute atomic E-state index is 0. The quantitative estimate of drug-likeness (QED) is 0.650. The van der Waals surface area contributed by atoms with Crippen molar-refractivity contribution in [1.29, 1.82) is 0 Å². The van der Waals surface area contributed by atoms with Gasteiger partial charge in [-0.2, -0.15) is 26.3 Å². The van der Waals surface area contributed by atoms with Crippen LogP contribution in [0.1, 0.15) is 29.2 Å². The number of rotatable bonds is 3. The molecule has 0 aliphatic carbocycles. The first-order chi connectivity index (χ1) is 9.87. The zero-order chi connectivity index (χ0) is 17.3. The second kappa shape index (κ2) is 7.35. The molecule has 11 heteroatoms. The highest BCUT2D eigenvalue weighted by molar-refractivity contribution is 5.85. The van der Waals surface area contributed by atoms with Crippen molar-refractivity contribution in [3.05, 3.63) is 34.6 Å². The number of methoxy groups -OCH3 is 1. The molecule has 1 aromatic carbocycles. The number of ether oxygens (including phenoxy) is 1. The van der Waals surface area contributed by atoms with Crippen molar-refractivity contribution in [3.8, 4) is 0 Å². The smallest absolute Gasteiger partial charge is 0.416 e. The van der Waals surface area contributed by atoms with Crippen LogP contribution in [-0.2, 0) is 21.9 Å². The molecular weight excluding hydrogens is 359 g/mol. The van der Waals surface area contributed by atoms with Gasteiger partial charge in [-0.1, -0.05) is 0 Å². The summed E-state index contributed by atoms with van der Waals surface area (Å²) in [6.45, 7) is 0. The molecule has 0 fully saturated rings. The monoisotopic (exact) mass is 369 g/mol. The van der Waals surface area contributed by atoms with Gasteiger partial charge in [-0.3, -0.25) is 4.79 Å². The summed E-state index contributed by atoms with van der Waals surface area (Å²) in [6, 6.07) is -2.14. The predicted molar refractivity (Wildman–Crippen MR) is 67.2 cm³/mol. The van der Waals surface area contributed by atoms with Crippen LogP contribution in [-0.4, -0.2) is 13.1 Å². The van der Waals surface area contributed by atoms with Crippen LogP contribution >= 0.6 is 12.4 Å². The second-order valence-electron chi connectivity index (χ2n) is 4.30. The van der Waals surface area contributed by atoms with E-state index in [9.17, 15) is 35.5 Å². The molecule has 0 amide bonds. The number of hydrogen-bond acceptors (Lipinski definition) is 3. The lowest BCUT2D eigenvalue weighted by Crippen LogP contribution is -2.23. The molecular formula is C12H11ClF7NO2. The first kappa shape index (κ1) is 21.4. The van der Waals surface area contributed by atoms with Crippen molar-refractivity contribution in [2.75, 3.05) is 7.11 Å². The maximum Gasteiger partial charge on any atom is 0.416 e. The Balaban J connectivity index is 0.00000484. The first-order valence-electron chi connectivity index (χ1n) is 5.68. The van der Waals surface area contributed by atoms with Crippen molar-refractivity contribution < 1.29 is 40.3 Å². The lowest BCUT2D eigenvalue weighted by atomic mass is 9.95. The predicted octanol–water partition coefficient (Wildman–Crippen LogP) is 3.85. The topological polar surface area (TPSA) is 52.3 Å². The average molecular weight is 370 g/mol. The minimum atomic E-state index is -5.27. The summed E-state index contributed by atoms with van der Waals surface area (Å²) < 4.78 is 94.0. The zero-order valence-electron chi connectivity index (χ0n) is 11.4. The van der Waals surface area contributed by atoms with Crippen LogP contribution in [0.2, 0.25) is 0 Å². The fourth-order valence-electron chi connectivity index (χ4n) is 1.76. The molecule has 1 atom stereocenters. The van der Waals surface area contributed by atoms with E-state index in [4.69, 9.17) is 5.73 Å². The van der Waals surface area contributed by atoms with Crippen molar-refractivity contribution in [3.63, 3.8) is 0 Å². The molecule has 0 bridgehead atoms. The Hall–Kier alpha value is -1.55. The normalized spacial score (nSPS) is 13.3. The molecule has 1 rings (SSSR count). The van der Waals surface area contributed by atoms with Gasteiger partial charge in [0.05, 0.1) is 24.7 Å². The van der Waals surface area contributed by atoms with Crippen LogP contribution in [0.25, 0.3) is 0 Å². The molecule has 0 heterocycles. The zero-order valence-corrected chi connectivity index (χ0v) is 12.2. The molecule has 1 aromatic rings. The van der Waals surface area contributed by atoms with Crippen LogP contribution in [0.4, 0.5) is 30.7 Å². The Kier molecular flexibility index (Phi) is 6.85. The van der Waals surface area contributed by atoms with Gasteiger partial charge in [-0.25, -0.2) is 4.39 Å². The van der Waals surface area contributed by atoms with Gasteiger partial charge < -0.3 is 10.5 Å². The molecule has 0 radical (unpaired) electrons. The Morgan fingerprint density at radius 2 is 1.70 bits per heavy atom. The third-order valence-electron chi connectivity index (χ3n) is 2.75. The molecule has 0 spiro atoms. The summed E-state index contributed by atoms with van der Waals surface area (Å²) in [6.07, 6.45) is -11.3. The van der Waals surface area contributed by atoms with Gasteiger partial charge in [0, 0.05) is 11.6 Å². The Bertz CT molecular complexity index is 572. The molecule has 0 aliphatic heterocycles. The number of benzene rings is 1. The number of hydrogen-bond donors (Lipinski definition) is 1. The maximum atomic E-state index is 13.7. The first-order valence-corrected chi connectivity index (χ1v) is 5.68. The SMILES string of the molecule is COC(=O)C[C@H](N)c1c(F)cc(C(F)(F)F)cc1C(F)(F)F.Cl. The fraction of sp³-hybridized carbons (Fsp3) is 0.417. The van der Waals surface area contributed by atoms with Gasteiger partial charge in [0.2, 0.25) is 0 Å². The van der Waals surface area contributed by atoms with Crippen LogP contribution in [0.3, 0.4) is 0 Å². The van der Waals surface area contributed by atoms with Gasteiger partial charge in [-0.05, 0) is 12.1 Å². The third kappa shape index (κ3) is 5.24. The summed E-state index contributed by atoms with van der Waals surface area (Å²) in [4.78, 5) is 11.0. The Labute approximate surface area is 132 Å². The summed E-state index contributed by atoms with van der Waals surface area (Å²) in [5.74, 6) is -2.82. The molecule has 0 saturated heterocycles. The molecule has 23 heavy (non-hydrogen) atoms. The Morgan fingerprint density at radius 3 is 2.09 bits per heavy atom. The molecule has 0 aliphatic rings.